The van der Waals surface area contributed by atoms with Crippen molar-refractivity contribution in [3.63, 3.8) is 0 Å². The molecule has 2 aromatic carbocycles. The first kappa shape index (κ1) is 14.0. The Balaban J connectivity index is 2.23. The van der Waals surface area contributed by atoms with Crippen LogP contribution in [0.25, 0.3) is 0 Å². The molecule has 1 atom stereocenters. The minimum absolute atomic E-state index is 0.132. The maximum Gasteiger partial charge on any atom is 0.0510 e. The summed E-state index contributed by atoms with van der Waals surface area (Å²) in [4.78, 5) is 0. The van der Waals surface area contributed by atoms with Crippen molar-refractivity contribution in [2.45, 2.75) is 12.5 Å². The molecule has 1 unspecified atom stereocenters. The summed E-state index contributed by atoms with van der Waals surface area (Å²) in [5.74, 6) is 5.69. The van der Waals surface area contributed by atoms with Crippen molar-refractivity contribution in [3.05, 3.63) is 67.7 Å². The second kappa shape index (κ2) is 6.65. The quantitative estimate of drug-likeness (QED) is 0.452. The van der Waals surface area contributed by atoms with Gasteiger partial charge in [0.1, 0.15) is 0 Å². The highest BCUT2D eigenvalue weighted by atomic mass is 127. The van der Waals surface area contributed by atoms with Gasteiger partial charge in [-0.3, -0.25) is 11.3 Å². The van der Waals surface area contributed by atoms with Gasteiger partial charge in [-0.25, -0.2) is 0 Å². The highest BCUT2D eigenvalue weighted by molar-refractivity contribution is 14.1. The number of hydrazine groups is 1. The normalized spacial score (nSPS) is 12.4. The van der Waals surface area contributed by atoms with E-state index >= 15 is 0 Å². The second-order valence-corrected chi connectivity index (χ2v) is 6.15. The lowest BCUT2D eigenvalue weighted by molar-refractivity contribution is 0.549. The monoisotopic (exact) mass is 416 g/mol. The molecule has 2 nitrogen and oxygen atoms in total. The van der Waals surface area contributed by atoms with Gasteiger partial charge in [-0.1, -0.05) is 46.3 Å². The van der Waals surface area contributed by atoms with E-state index in [1.54, 1.807) is 0 Å². The zero-order valence-corrected chi connectivity index (χ0v) is 13.5. The maximum atomic E-state index is 5.69. The van der Waals surface area contributed by atoms with Crippen LogP contribution in [0, 0.1) is 3.57 Å². The van der Waals surface area contributed by atoms with Crippen LogP contribution in [0.15, 0.2) is 53.0 Å². The van der Waals surface area contributed by atoms with Crippen LogP contribution in [0.1, 0.15) is 17.2 Å². The van der Waals surface area contributed by atoms with Crippen LogP contribution in [0.2, 0.25) is 0 Å². The summed E-state index contributed by atoms with van der Waals surface area (Å²) >= 11 is 5.84. The number of hydrogen-bond donors (Lipinski definition) is 2. The van der Waals surface area contributed by atoms with E-state index in [0.717, 1.165) is 10.9 Å². The molecular formula is C14H14BrIN2. The fourth-order valence-electron chi connectivity index (χ4n) is 1.92. The van der Waals surface area contributed by atoms with Crippen molar-refractivity contribution < 1.29 is 0 Å². The van der Waals surface area contributed by atoms with E-state index < -0.39 is 0 Å². The fraction of sp³-hybridized carbons (Fsp3) is 0.143. The molecule has 0 saturated heterocycles. The Morgan fingerprint density at radius 1 is 1.17 bits per heavy atom. The van der Waals surface area contributed by atoms with Crippen LogP contribution < -0.4 is 11.3 Å². The molecule has 0 aliphatic heterocycles. The molecule has 94 valence electrons. The summed E-state index contributed by atoms with van der Waals surface area (Å²) in [6, 6.07) is 16.7. The molecule has 4 heteroatoms. The molecule has 0 bridgehead atoms. The molecule has 18 heavy (non-hydrogen) atoms. The first-order valence-corrected chi connectivity index (χ1v) is 7.53. The lowest BCUT2D eigenvalue weighted by Gasteiger charge is -2.18. The molecule has 2 aromatic rings. The van der Waals surface area contributed by atoms with Crippen molar-refractivity contribution in [2.75, 3.05) is 0 Å². The predicted molar refractivity (Wildman–Crippen MR) is 87.1 cm³/mol. The fourth-order valence-corrected chi connectivity index (χ4v) is 3.13. The number of halogens is 2. The van der Waals surface area contributed by atoms with Crippen molar-refractivity contribution in [3.8, 4) is 0 Å². The van der Waals surface area contributed by atoms with Crippen LogP contribution in [0.3, 0.4) is 0 Å². The highest BCUT2D eigenvalue weighted by Crippen LogP contribution is 2.23. The van der Waals surface area contributed by atoms with Crippen LogP contribution >= 0.6 is 38.5 Å². The average Bonchev–Trinajstić information content (AvgIpc) is 2.37. The minimum atomic E-state index is 0.132. The molecule has 0 aromatic heterocycles. The van der Waals surface area contributed by atoms with Crippen LogP contribution in [-0.2, 0) is 6.42 Å². The van der Waals surface area contributed by atoms with Crippen molar-refractivity contribution in [2.24, 2.45) is 5.84 Å². The van der Waals surface area contributed by atoms with E-state index in [2.05, 4.69) is 68.2 Å². The largest absolute Gasteiger partial charge is 0.271 e. The molecule has 0 amide bonds. The van der Waals surface area contributed by atoms with Gasteiger partial charge in [0.2, 0.25) is 0 Å². The average molecular weight is 417 g/mol. The standard InChI is InChI=1S/C14H14BrIN2/c15-11-5-3-4-10(8-11)9-14(18-17)12-6-1-2-7-13(12)16/h1-8,14,18H,9,17H2. The zero-order chi connectivity index (χ0) is 13.0. The van der Waals surface area contributed by atoms with E-state index in [0.29, 0.717) is 0 Å². The van der Waals surface area contributed by atoms with E-state index in [-0.39, 0.29) is 6.04 Å². The number of nitrogens with one attached hydrogen (secondary N) is 1. The zero-order valence-electron chi connectivity index (χ0n) is 9.74. The van der Waals surface area contributed by atoms with Gasteiger partial charge in [0.15, 0.2) is 0 Å². The molecule has 3 N–H and O–H groups in total. The van der Waals surface area contributed by atoms with Gasteiger partial charge in [-0.15, -0.1) is 0 Å². The van der Waals surface area contributed by atoms with Gasteiger partial charge in [0.25, 0.3) is 0 Å². The Kier molecular flexibility index (Phi) is 5.17. The van der Waals surface area contributed by atoms with Gasteiger partial charge in [-0.05, 0) is 58.3 Å². The molecule has 0 saturated carbocycles. The molecule has 2 rings (SSSR count). The lowest BCUT2D eigenvalue weighted by Crippen LogP contribution is -2.30. The smallest absolute Gasteiger partial charge is 0.0510 e. The first-order valence-electron chi connectivity index (χ1n) is 5.65. The second-order valence-electron chi connectivity index (χ2n) is 4.07. The summed E-state index contributed by atoms with van der Waals surface area (Å²) in [5, 5.41) is 0. The third-order valence-electron chi connectivity index (χ3n) is 2.81. The van der Waals surface area contributed by atoms with Gasteiger partial charge >= 0.3 is 0 Å². The third-order valence-corrected chi connectivity index (χ3v) is 4.29. The Morgan fingerprint density at radius 3 is 2.61 bits per heavy atom. The van der Waals surface area contributed by atoms with Crippen molar-refractivity contribution in [1.82, 2.24) is 5.43 Å². The van der Waals surface area contributed by atoms with E-state index in [4.69, 9.17) is 5.84 Å². The maximum absolute atomic E-state index is 5.69. The van der Waals surface area contributed by atoms with E-state index in [9.17, 15) is 0 Å². The van der Waals surface area contributed by atoms with Crippen molar-refractivity contribution >= 4 is 38.5 Å². The third kappa shape index (κ3) is 3.54. The number of rotatable bonds is 4. The minimum Gasteiger partial charge on any atom is -0.271 e. The Hall–Kier alpha value is -0.430. The topological polar surface area (TPSA) is 38.0 Å². The molecule has 0 spiro atoms. The predicted octanol–water partition coefficient (Wildman–Crippen LogP) is 3.80. The van der Waals surface area contributed by atoms with Gasteiger partial charge in [0.05, 0.1) is 6.04 Å². The SMILES string of the molecule is NNC(Cc1cccc(Br)c1)c1ccccc1I. The Labute approximate surface area is 129 Å². The van der Waals surface area contributed by atoms with Crippen LogP contribution in [0.5, 0.6) is 0 Å². The summed E-state index contributed by atoms with van der Waals surface area (Å²) < 4.78 is 2.33. The number of benzene rings is 2. The van der Waals surface area contributed by atoms with Gasteiger partial charge in [-0.2, -0.15) is 0 Å². The molecule has 0 aliphatic rings. The van der Waals surface area contributed by atoms with Crippen LogP contribution in [-0.4, -0.2) is 0 Å². The van der Waals surface area contributed by atoms with E-state index in [1.165, 1.54) is 14.7 Å². The number of nitrogens with two attached hydrogens (primary N) is 1. The van der Waals surface area contributed by atoms with Gasteiger partial charge < -0.3 is 0 Å². The summed E-state index contributed by atoms with van der Waals surface area (Å²) in [6.45, 7) is 0. The highest BCUT2D eigenvalue weighted by Gasteiger charge is 2.13. The number of hydrogen-bond acceptors (Lipinski definition) is 2. The summed E-state index contributed by atoms with van der Waals surface area (Å²) in [7, 11) is 0. The first-order chi connectivity index (χ1) is 8.70. The molecule has 0 fully saturated rings. The molecule has 0 aliphatic carbocycles. The molecular weight excluding hydrogens is 403 g/mol. The van der Waals surface area contributed by atoms with E-state index in [1.807, 2.05) is 24.3 Å². The van der Waals surface area contributed by atoms with Crippen LogP contribution in [0.4, 0.5) is 0 Å². The van der Waals surface area contributed by atoms with Gasteiger partial charge in [0, 0.05) is 8.04 Å². The molecule has 0 heterocycles. The molecule has 0 radical (unpaired) electrons. The Morgan fingerprint density at radius 2 is 1.94 bits per heavy atom. The Bertz CT molecular complexity index is 531. The summed E-state index contributed by atoms with van der Waals surface area (Å²) in [5.41, 5.74) is 5.40. The summed E-state index contributed by atoms with van der Waals surface area (Å²) in [6.07, 6.45) is 0.871. The lowest BCUT2D eigenvalue weighted by atomic mass is 9.99. The van der Waals surface area contributed by atoms with Crippen molar-refractivity contribution in [1.29, 1.82) is 0 Å².